The number of nitrogens with zero attached hydrogens (tertiary/aromatic N) is 3. The van der Waals surface area contributed by atoms with Crippen molar-refractivity contribution in [1.82, 2.24) is 14.5 Å². The zero-order chi connectivity index (χ0) is 19.8. The normalized spacial score (nSPS) is 11.9. The van der Waals surface area contributed by atoms with E-state index in [4.69, 9.17) is 10.7 Å². The van der Waals surface area contributed by atoms with Crippen LogP contribution < -0.4 is 16.6 Å². The summed E-state index contributed by atoms with van der Waals surface area (Å²) in [4.78, 5) is 21.2. The lowest BCUT2D eigenvalue weighted by Gasteiger charge is -2.21. The predicted octanol–water partition coefficient (Wildman–Crippen LogP) is 2.99. The van der Waals surface area contributed by atoms with E-state index in [0.717, 1.165) is 31.2 Å². The molecule has 0 amide bonds. The van der Waals surface area contributed by atoms with Crippen LogP contribution in [-0.4, -0.2) is 27.1 Å². The molecular formula is C22H27N5O. The second kappa shape index (κ2) is 9.80. The Balaban J connectivity index is 1.86. The Labute approximate surface area is 165 Å². The van der Waals surface area contributed by atoms with Gasteiger partial charge in [-0.1, -0.05) is 36.8 Å². The van der Waals surface area contributed by atoms with Gasteiger partial charge in [0, 0.05) is 37.1 Å². The molecule has 3 rings (SSSR count). The number of rotatable bonds is 9. The largest absolute Gasteiger partial charge is 0.352 e. The van der Waals surface area contributed by atoms with Crippen LogP contribution in [0.15, 0.2) is 65.7 Å². The third kappa shape index (κ3) is 5.27. The van der Waals surface area contributed by atoms with Gasteiger partial charge in [0.15, 0.2) is 0 Å². The van der Waals surface area contributed by atoms with Crippen molar-refractivity contribution in [2.45, 2.75) is 31.7 Å². The maximum atomic E-state index is 12.5. The standard InChI is InChI=1S/C22H27N5O/c1-27-21(28)16-20(18-10-13-24-14-11-18)26-22(27)25-19(9-5-6-12-23)15-17-7-3-2-4-8-17/h2-4,7-8,10-11,13-14,16,19H,5-6,9,12,15,23H2,1H3,(H,25,26). The maximum absolute atomic E-state index is 12.5. The van der Waals surface area contributed by atoms with E-state index in [1.54, 1.807) is 30.1 Å². The SMILES string of the molecule is Cn1c(NC(CCCCN)Cc2ccccc2)nc(-c2ccncc2)cc1=O. The van der Waals surface area contributed by atoms with Crippen molar-refractivity contribution < 1.29 is 0 Å². The number of nitrogens with two attached hydrogens (primary N) is 1. The average Bonchev–Trinajstić information content (AvgIpc) is 2.72. The van der Waals surface area contributed by atoms with Crippen LogP contribution in [0.2, 0.25) is 0 Å². The zero-order valence-electron chi connectivity index (χ0n) is 16.2. The molecule has 2 aromatic heterocycles. The molecule has 0 saturated heterocycles. The molecule has 3 aromatic rings. The summed E-state index contributed by atoms with van der Waals surface area (Å²) >= 11 is 0. The summed E-state index contributed by atoms with van der Waals surface area (Å²) in [5, 5.41) is 3.50. The highest BCUT2D eigenvalue weighted by Gasteiger charge is 2.14. The number of aromatic nitrogens is 3. The van der Waals surface area contributed by atoms with Crippen LogP contribution in [0.1, 0.15) is 24.8 Å². The Morgan fingerprint density at radius 1 is 1.11 bits per heavy atom. The van der Waals surface area contributed by atoms with Gasteiger partial charge in [-0.15, -0.1) is 0 Å². The van der Waals surface area contributed by atoms with E-state index in [9.17, 15) is 4.79 Å². The minimum atomic E-state index is -0.0928. The summed E-state index contributed by atoms with van der Waals surface area (Å²) < 4.78 is 1.56. The van der Waals surface area contributed by atoms with E-state index in [1.807, 2.05) is 30.3 Å². The summed E-state index contributed by atoms with van der Waals surface area (Å²) in [5.41, 5.74) is 8.35. The van der Waals surface area contributed by atoms with Gasteiger partial charge in [0.05, 0.1) is 5.69 Å². The van der Waals surface area contributed by atoms with Gasteiger partial charge in [0.1, 0.15) is 0 Å². The summed E-state index contributed by atoms with van der Waals surface area (Å²) in [5.74, 6) is 0.577. The number of anilines is 1. The van der Waals surface area contributed by atoms with E-state index in [0.29, 0.717) is 18.2 Å². The predicted molar refractivity (Wildman–Crippen MR) is 113 cm³/mol. The monoisotopic (exact) mass is 377 g/mol. The van der Waals surface area contributed by atoms with Gasteiger partial charge < -0.3 is 11.1 Å². The molecule has 0 aliphatic rings. The highest BCUT2D eigenvalue weighted by atomic mass is 16.1. The first-order valence-electron chi connectivity index (χ1n) is 9.66. The topological polar surface area (TPSA) is 85.8 Å². The first-order valence-corrected chi connectivity index (χ1v) is 9.66. The van der Waals surface area contributed by atoms with Crippen molar-refractivity contribution in [3.8, 4) is 11.3 Å². The third-order valence-electron chi connectivity index (χ3n) is 4.78. The molecule has 2 heterocycles. The fraction of sp³-hybridized carbons (Fsp3) is 0.318. The van der Waals surface area contributed by atoms with Gasteiger partial charge in [0.2, 0.25) is 5.95 Å². The molecular weight excluding hydrogens is 350 g/mol. The molecule has 28 heavy (non-hydrogen) atoms. The fourth-order valence-corrected chi connectivity index (χ4v) is 3.18. The smallest absolute Gasteiger partial charge is 0.255 e. The molecule has 3 N–H and O–H groups in total. The number of nitrogens with one attached hydrogen (secondary N) is 1. The number of hydrogen-bond acceptors (Lipinski definition) is 5. The summed E-state index contributed by atoms with van der Waals surface area (Å²) in [7, 11) is 1.74. The highest BCUT2D eigenvalue weighted by Crippen LogP contribution is 2.18. The van der Waals surface area contributed by atoms with Crippen molar-refractivity contribution in [3.63, 3.8) is 0 Å². The molecule has 0 spiro atoms. The molecule has 6 heteroatoms. The second-order valence-electron chi connectivity index (χ2n) is 6.91. The van der Waals surface area contributed by atoms with Gasteiger partial charge in [-0.3, -0.25) is 14.3 Å². The van der Waals surface area contributed by atoms with Crippen molar-refractivity contribution in [2.75, 3.05) is 11.9 Å². The molecule has 1 atom stereocenters. The van der Waals surface area contributed by atoms with E-state index < -0.39 is 0 Å². The van der Waals surface area contributed by atoms with Gasteiger partial charge in [-0.25, -0.2) is 4.98 Å². The Bertz CT molecular complexity index is 925. The number of benzene rings is 1. The minimum absolute atomic E-state index is 0.0928. The number of hydrogen-bond donors (Lipinski definition) is 2. The third-order valence-corrected chi connectivity index (χ3v) is 4.78. The average molecular weight is 377 g/mol. The van der Waals surface area contributed by atoms with Crippen LogP contribution >= 0.6 is 0 Å². The molecule has 1 unspecified atom stereocenters. The highest BCUT2D eigenvalue weighted by molar-refractivity contribution is 5.59. The Kier molecular flexibility index (Phi) is 6.92. The van der Waals surface area contributed by atoms with Crippen LogP contribution in [0.4, 0.5) is 5.95 Å². The van der Waals surface area contributed by atoms with Crippen LogP contribution in [-0.2, 0) is 13.5 Å². The lowest BCUT2D eigenvalue weighted by Crippen LogP contribution is -2.29. The Morgan fingerprint density at radius 2 is 1.86 bits per heavy atom. The molecule has 0 bridgehead atoms. The van der Waals surface area contributed by atoms with Crippen LogP contribution in [0.25, 0.3) is 11.3 Å². The lowest BCUT2D eigenvalue weighted by atomic mass is 10.0. The van der Waals surface area contributed by atoms with E-state index in [2.05, 4.69) is 22.4 Å². The molecule has 1 aromatic carbocycles. The fourth-order valence-electron chi connectivity index (χ4n) is 3.18. The van der Waals surface area contributed by atoms with E-state index >= 15 is 0 Å². The van der Waals surface area contributed by atoms with E-state index in [1.165, 1.54) is 5.56 Å². The van der Waals surface area contributed by atoms with Crippen LogP contribution in [0, 0.1) is 0 Å². The quantitative estimate of drug-likeness (QED) is 0.560. The van der Waals surface area contributed by atoms with Gasteiger partial charge in [-0.05, 0) is 43.5 Å². The minimum Gasteiger partial charge on any atom is -0.352 e. The van der Waals surface area contributed by atoms with Crippen LogP contribution in [0.5, 0.6) is 0 Å². The summed E-state index contributed by atoms with van der Waals surface area (Å²) in [6.07, 6.45) is 7.23. The molecule has 146 valence electrons. The molecule has 0 aliphatic carbocycles. The summed E-state index contributed by atoms with van der Waals surface area (Å²) in [6.45, 7) is 0.687. The lowest BCUT2D eigenvalue weighted by molar-refractivity contribution is 0.584. The molecule has 0 radical (unpaired) electrons. The first-order chi connectivity index (χ1) is 13.7. The van der Waals surface area contributed by atoms with Gasteiger partial charge in [0.25, 0.3) is 5.56 Å². The van der Waals surface area contributed by atoms with Crippen LogP contribution in [0.3, 0.4) is 0 Å². The van der Waals surface area contributed by atoms with Crippen molar-refractivity contribution in [1.29, 1.82) is 0 Å². The number of pyridine rings is 1. The van der Waals surface area contributed by atoms with Gasteiger partial charge >= 0.3 is 0 Å². The maximum Gasteiger partial charge on any atom is 0.255 e. The molecule has 6 nitrogen and oxygen atoms in total. The Hall–Kier alpha value is -2.99. The molecule has 0 fully saturated rings. The van der Waals surface area contributed by atoms with Crippen molar-refractivity contribution in [3.05, 3.63) is 76.8 Å². The van der Waals surface area contributed by atoms with Crippen molar-refractivity contribution >= 4 is 5.95 Å². The van der Waals surface area contributed by atoms with E-state index in [-0.39, 0.29) is 11.6 Å². The summed E-state index contributed by atoms with van der Waals surface area (Å²) in [6, 6.07) is 15.8. The Morgan fingerprint density at radius 3 is 2.57 bits per heavy atom. The molecule has 0 aliphatic heterocycles. The zero-order valence-corrected chi connectivity index (χ0v) is 16.2. The first kappa shape index (κ1) is 19.8. The number of unbranched alkanes of at least 4 members (excludes halogenated alkanes) is 1. The van der Waals surface area contributed by atoms with Crippen molar-refractivity contribution in [2.24, 2.45) is 12.8 Å². The molecule has 0 saturated carbocycles. The van der Waals surface area contributed by atoms with Gasteiger partial charge in [-0.2, -0.15) is 0 Å². The second-order valence-corrected chi connectivity index (χ2v) is 6.91.